The van der Waals surface area contributed by atoms with Crippen molar-refractivity contribution >= 4 is 23.1 Å². The van der Waals surface area contributed by atoms with E-state index < -0.39 is 4.92 Å². The van der Waals surface area contributed by atoms with Crippen LogP contribution in [0.15, 0.2) is 23.1 Å². The van der Waals surface area contributed by atoms with Gasteiger partial charge in [0.15, 0.2) is 0 Å². The van der Waals surface area contributed by atoms with Crippen LogP contribution in [0.1, 0.15) is 32.6 Å². The maximum atomic E-state index is 10.6. The number of nitrogens with zero attached hydrogens (tertiary/aromatic N) is 1. The Balaban J connectivity index is 2.07. The van der Waals surface area contributed by atoms with Gasteiger partial charge in [-0.3, -0.25) is 10.1 Å². The molecule has 1 aliphatic rings. The molecule has 5 heteroatoms. The van der Waals surface area contributed by atoms with Crippen LogP contribution in [0.25, 0.3) is 0 Å². The molecule has 1 aromatic rings. The fraction of sp³-hybridized carbons (Fsp3) is 0.538. The number of nitrogen functional groups attached to an aromatic ring is 1. The third kappa shape index (κ3) is 3.16. The molecule has 0 spiro atoms. The molecule has 2 rings (SSSR count). The molecule has 0 saturated heterocycles. The van der Waals surface area contributed by atoms with Crippen LogP contribution in [0.2, 0.25) is 0 Å². The highest BCUT2D eigenvalue weighted by Gasteiger charge is 2.21. The van der Waals surface area contributed by atoms with Crippen LogP contribution >= 0.6 is 11.8 Å². The van der Waals surface area contributed by atoms with Crippen molar-refractivity contribution in [3.8, 4) is 0 Å². The van der Waals surface area contributed by atoms with Crippen molar-refractivity contribution in [2.45, 2.75) is 42.8 Å². The number of anilines is 1. The van der Waals surface area contributed by atoms with Gasteiger partial charge in [0.25, 0.3) is 5.69 Å². The van der Waals surface area contributed by atoms with Crippen LogP contribution in [-0.4, -0.2) is 10.2 Å². The van der Waals surface area contributed by atoms with Crippen molar-refractivity contribution in [3.63, 3.8) is 0 Å². The Morgan fingerprint density at radius 2 is 2.22 bits per heavy atom. The molecule has 1 fully saturated rings. The van der Waals surface area contributed by atoms with Crippen LogP contribution in [0, 0.1) is 16.0 Å². The molecule has 1 aliphatic carbocycles. The van der Waals surface area contributed by atoms with E-state index in [1.54, 1.807) is 17.8 Å². The van der Waals surface area contributed by atoms with E-state index in [1.807, 2.05) is 0 Å². The molecule has 0 bridgehead atoms. The number of hydrogen-bond acceptors (Lipinski definition) is 4. The fourth-order valence-electron chi connectivity index (χ4n) is 2.42. The first-order chi connectivity index (χ1) is 8.56. The summed E-state index contributed by atoms with van der Waals surface area (Å²) >= 11 is 1.77. The number of non-ortho nitro benzene ring substituents is 1. The first-order valence-electron chi connectivity index (χ1n) is 6.27. The average molecular weight is 266 g/mol. The second-order valence-corrected chi connectivity index (χ2v) is 6.33. The molecular formula is C13H18N2O2S. The smallest absolute Gasteiger partial charge is 0.271 e. The van der Waals surface area contributed by atoms with E-state index in [0.717, 1.165) is 10.8 Å². The summed E-state index contributed by atoms with van der Waals surface area (Å²) in [5.41, 5.74) is 6.47. The molecule has 98 valence electrons. The number of nitrogens with two attached hydrogens (primary N) is 1. The zero-order valence-corrected chi connectivity index (χ0v) is 11.3. The van der Waals surface area contributed by atoms with Gasteiger partial charge in [-0.15, -0.1) is 11.8 Å². The van der Waals surface area contributed by atoms with Crippen LogP contribution < -0.4 is 5.73 Å². The Morgan fingerprint density at radius 3 is 2.83 bits per heavy atom. The van der Waals surface area contributed by atoms with Gasteiger partial charge in [-0.2, -0.15) is 0 Å². The standard InChI is InChI=1S/C13H18N2O2S/c1-9-3-2-4-11(7-9)18-13-6-5-10(15(16)17)8-12(13)14/h5-6,8-9,11H,2-4,7,14H2,1H3. The monoisotopic (exact) mass is 266 g/mol. The predicted molar refractivity (Wildman–Crippen MR) is 74.8 cm³/mol. The molecule has 2 unspecified atom stereocenters. The molecule has 0 heterocycles. The highest BCUT2D eigenvalue weighted by molar-refractivity contribution is 8.00. The second-order valence-electron chi connectivity index (χ2n) is 4.99. The Kier molecular flexibility index (Phi) is 4.11. The minimum Gasteiger partial charge on any atom is -0.398 e. The Labute approximate surface area is 111 Å². The second kappa shape index (κ2) is 5.61. The average Bonchev–Trinajstić information content (AvgIpc) is 2.31. The van der Waals surface area contributed by atoms with E-state index in [4.69, 9.17) is 5.73 Å². The van der Waals surface area contributed by atoms with Gasteiger partial charge in [0.05, 0.1) is 10.6 Å². The summed E-state index contributed by atoms with van der Waals surface area (Å²) in [5, 5.41) is 11.2. The first kappa shape index (κ1) is 13.2. The lowest BCUT2D eigenvalue weighted by Gasteiger charge is -2.26. The molecule has 4 nitrogen and oxygen atoms in total. The number of nitro benzene ring substituents is 1. The van der Waals surface area contributed by atoms with Gasteiger partial charge in [0, 0.05) is 22.3 Å². The number of hydrogen-bond donors (Lipinski definition) is 1. The highest BCUT2D eigenvalue weighted by atomic mass is 32.2. The molecule has 0 aliphatic heterocycles. The summed E-state index contributed by atoms with van der Waals surface area (Å²) in [4.78, 5) is 11.2. The Hall–Kier alpha value is -1.23. The number of nitro groups is 1. The number of thioether (sulfide) groups is 1. The van der Waals surface area contributed by atoms with E-state index in [9.17, 15) is 10.1 Å². The number of rotatable bonds is 3. The molecule has 1 saturated carbocycles. The molecule has 18 heavy (non-hydrogen) atoms. The van der Waals surface area contributed by atoms with Gasteiger partial charge in [-0.1, -0.05) is 19.8 Å². The minimum atomic E-state index is -0.409. The summed E-state index contributed by atoms with van der Waals surface area (Å²) in [7, 11) is 0. The summed E-state index contributed by atoms with van der Waals surface area (Å²) in [6.07, 6.45) is 5.01. The molecule has 2 N–H and O–H groups in total. The topological polar surface area (TPSA) is 69.2 Å². The lowest BCUT2D eigenvalue weighted by Crippen LogP contribution is -2.15. The van der Waals surface area contributed by atoms with Crippen LogP contribution in [0.4, 0.5) is 11.4 Å². The van der Waals surface area contributed by atoms with Crippen molar-refractivity contribution < 1.29 is 4.92 Å². The van der Waals surface area contributed by atoms with Crippen LogP contribution in [0.3, 0.4) is 0 Å². The maximum absolute atomic E-state index is 10.6. The molecule has 0 amide bonds. The predicted octanol–water partition coefficient (Wildman–Crippen LogP) is 3.85. The van der Waals surface area contributed by atoms with Crippen molar-refractivity contribution in [1.82, 2.24) is 0 Å². The van der Waals surface area contributed by atoms with Crippen molar-refractivity contribution in [3.05, 3.63) is 28.3 Å². The molecule has 2 atom stereocenters. The lowest BCUT2D eigenvalue weighted by molar-refractivity contribution is -0.384. The molecular weight excluding hydrogens is 248 g/mol. The normalized spacial score (nSPS) is 23.8. The fourth-order valence-corrected chi connectivity index (χ4v) is 3.83. The first-order valence-corrected chi connectivity index (χ1v) is 7.15. The minimum absolute atomic E-state index is 0.0638. The van der Waals surface area contributed by atoms with E-state index in [-0.39, 0.29) is 5.69 Å². The van der Waals surface area contributed by atoms with Gasteiger partial charge in [0.2, 0.25) is 0 Å². The molecule has 1 aromatic carbocycles. The van der Waals surface area contributed by atoms with Crippen molar-refractivity contribution in [1.29, 1.82) is 0 Å². The van der Waals surface area contributed by atoms with Gasteiger partial charge >= 0.3 is 0 Å². The Morgan fingerprint density at radius 1 is 1.44 bits per heavy atom. The number of benzene rings is 1. The quantitative estimate of drug-likeness (QED) is 0.512. The van der Waals surface area contributed by atoms with Crippen LogP contribution in [-0.2, 0) is 0 Å². The van der Waals surface area contributed by atoms with E-state index in [0.29, 0.717) is 10.9 Å². The Bertz CT molecular complexity index is 451. The van der Waals surface area contributed by atoms with Crippen LogP contribution in [0.5, 0.6) is 0 Å². The highest BCUT2D eigenvalue weighted by Crippen LogP contribution is 2.39. The largest absolute Gasteiger partial charge is 0.398 e. The zero-order chi connectivity index (χ0) is 13.1. The van der Waals surface area contributed by atoms with Gasteiger partial charge in [0.1, 0.15) is 0 Å². The van der Waals surface area contributed by atoms with E-state index in [1.165, 1.54) is 37.8 Å². The van der Waals surface area contributed by atoms with Crippen molar-refractivity contribution in [2.24, 2.45) is 5.92 Å². The van der Waals surface area contributed by atoms with E-state index >= 15 is 0 Å². The van der Waals surface area contributed by atoms with Crippen molar-refractivity contribution in [2.75, 3.05) is 5.73 Å². The molecule has 0 radical (unpaired) electrons. The third-order valence-corrected chi connectivity index (χ3v) is 4.77. The summed E-state index contributed by atoms with van der Waals surface area (Å²) < 4.78 is 0. The molecule has 0 aromatic heterocycles. The zero-order valence-electron chi connectivity index (χ0n) is 10.5. The summed E-state index contributed by atoms with van der Waals surface area (Å²) in [5.74, 6) is 0.774. The lowest BCUT2D eigenvalue weighted by atomic mass is 9.91. The summed E-state index contributed by atoms with van der Waals surface area (Å²) in [6.45, 7) is 2.28. The summed E-state index contributed by atoms with van der Waals surface area (Å²) in [6, 6.07) is 4.76. The van der Waals surface area contributed by atoms with Gasteiger partial charge in [-0.25, -0.2) is 0 Å². The van der Waals surface area contributed by atoms with E-state index in [2.05, 4.69) is 6.92 Å². The SMILES string of the molecule is CC1CCCC(Sc2ccc([N+](=O)[O-])cc2N)C1. The van der Waals surface area contributed by atoms with Gasteiger partial charge < -0.3 is 5.73 Å². The third-order valence-electron chi connectivity index (χ3n) is 3.39. The maximum Gasteiger partial charge on any atom is 0.271 e. The van der Waals surface area contributed by atoms with Gasteiger partial charge in [-0.05, 0) is 24.8 Å².